The van der Waals surface area contributed by atoms with Gasteiger partial charge in [-0.25, -0.2) is 0 Å². The minimum Gasteiger partial charge on any atom is -0.493 e. The van der Waals surface area contributed by atoms with Crippen LogP contribution in [0.15, 0.2) is 18.2 Å². The Labute approximate surface area is 111 Å². The van der Waals surface area contributed by atoms with E-state index in [4.69, 9.17) is 4.74 Å². The van der Waals surface area contributed by atoms with Gasteiger partial charge in [-0.05, 0) is 42.2 Å². The standard InChI is InChI=1S/C15H24OS/c1-11-6-7-12(2)14(8-11)16-9-13(10-17)15(3,4)5/h6-8,13,17H,9-10H2,1-5H3. The van der Waals surface area contributed by atoms with Crippen molar-refractivity contribution in [1.29, 1.82) is 0 Å². The number of aryl methyl sites for hydroxylation is 2. The summed E-state index contributed by atoms with van der Waals surface area (Å²) in [4.78, 5) is 0. The Bertz CT molecular complexity index is 366. The lowest BCUT2D eigenvalue weighted by Crippen LogP contribution is -2.28. The second-order valence-electron chi connectivity index (χ2n) is 5.83. The number of hydrogen-bond donors (Lipinski definition) is 1. The second-order valence-corrected chi connectivity index (χ2v) is 6.19. The van der Waals surface area contributed by atoms with Crippen LogP contribution in [0.2, 0.25) is 0 Å². The molecule has 1 unspecified atom stereocenters. The molecule has 0 saturated carbocycles. The maximum absolute atomic E-state index is 5.95. The molecule has 96 valence electrons. The Balaban J connectivity index is 2.69. The molecule has 1 aromatic rings. The van der Waals surface area contributed by atoms with E-state index in [0.717, 1.165) is 18.1 Å². The Hall–Kier alpha value is -0.630. The third-order valence-corrected chi connectivity index (χ3v) is 3.67. The fourth-order valence-corrected chi connectivity index (χ4v) is 2.28. The van der Waals surface area contributed by atoms with Crippen molar-refractivity contribution in [3.05, 3.63) is 29.3 Å². The summed E-state index contributed by atoms with van der Waals surface area (Å²) in [6, 6.07) is 6.33. The molecule has 0 N–H and O–H groups in total. The molecule has 0 aliphatic heterocycles. The zero-order valence-electron chi connectivity index (χ0n) is 11.6. The van der Waals surface area contributed by atoms with Gasteiger partial charge in [0.1, 0.15) is 5.75 Å². The Kier molecular flexibility index (Phi) is 4.93. The lowest BCUT2D eigenvalue weighted by Gasteiger charge is -2.29. The van der Waals surface area contributed by atoms with Gasteiger partial charge in [-0.3, -0.25) is 0 Å². The maximum Gasteiger partial charge on any atom is 0.122 e. The van der Waals surface area contributed by atoms with Crippen LogP contribution >= 0.6 is 12.6 Å². The lowest BCUT2D eigenvalue weighted by molar-refractivity contribution is 0.164. The lowest BCUT2D eigenvalue weighted by atomic mass is 9.82. The van der Waals surface area contributed by atoms with E-state index in [1.54, 1.807) is 0 Å². The van der Waals surface area contributed by atoms with Crippen LogP contribution in [-0.2, 0) is 0 Å². The third-order valence-electron chi connectivity index (χ3n) is 3.23. The van der Waals surface area contributed by atoms with Crippen LogP contribution in [0.3, 0.4) is 0 Å². The summed E-state index contributed by atoms with van der Waals surface area (Å²) in [6.07, 6.45) is 0. The van der Waals surface area contributed by atoms with E-state index in [1.807, 2.05) is 0 Å². The number of benzene rings is 1. The summed E-state index contributed by atoms with van der Waals surface area (Å²) >= 11 is 4.42. The molecule has 0 aromatic heterocycles. The SMILES string of the molecule is Cc1ccc(C)c(OCC(CS)C(C)(C)C)c1. The highest BCUT2D eigenvalue weighted by molar-refractivity contribution is 7.80. The van der Waals surface area contributed by atoms with E-state index < -0.39 is 0 Å². The molecule has 1 rings (SSSR count). The third kappa shape index (κ3) is 4.27. The number of ether oxygens (including phenoxy) is 1. The maximum atomic E-state index is 5.95. The average molecular weight is 252 g/mol. The molecule has 0 heterocycles. The molecular formula is C15H24OS. The van der Waals surface area contributed by atoms with Crippen molar-refractivity contribution >= 4 is 12.6 Å². The highest BCUT2D eigenvalue weighted by Crippen LogP contribution is 2.28. The van der Waals surface area contributed by atoms with Gasteiger partial charge in [0.05, 0.1) is 6.61 Å². The van der Waals surface area contributed by atoms with Crippen LogP contribution in [0.4, 0.5) is 0 Å². The monoisotopic (exact) mass is 252 g/mol. The van der Waals surface area contributed by atoms with Crippen molar-refractivity contribution in [2.24, 2.45) is 11.3 Å². The fraction of sp³-hybridized carbons (Fsp3) is 0.600. The number of hydrogen-bond acceptors (Lipinski definition) is 2. The van der Waals surface area contributed by atoms with Crippen LogP contribution in [0.25, 0.3) is 0 Å². The summed E-state index contributed by atoms with van der Waals surface area (Å²) in [5.41, 5.74) is 2.67. The molecule has 0 saturated heterocycles. The first-order valence-electron chi connectivity index (χ1n) is 6.15. The van der Waals surface area contributed by atoms with Gasteiger partial charge in [-0.15, -0.1) is 0 Å². The molecule has 0 bridgehead atoms. The van der Waals surface area contributed by atoms with Crippen molar-refractivity contribution in [2.75, 3.05) is 12.4 Å². The van der Waals surface area contributed by atoms with Gasteiger partial charge in [0.2, 0.25) is 0 Å². The van der Waals surface area contributed by atoms with Crippen molar-refractivity contribution in [3.8, 4) is 5.75 Å². The van der Waals surface area contributed by atoms with Crippen molar-refractivity contribution in [3.63, 3.8) is 0 Å². The Morgan fingerprint density at radius 1 is 1.24 bits per heavy atom. The number of rotatable bonds is 4. The first-order chi connectivity index (χ1) is 7.84. The second kappa shape index (κ2) is 5.81. The summed E-state index contributed by atoms with van der Waals surface area (Å²) in [6.45, 7) is 11.6. The first-order valence-corrected chi connectivity index (χ1v) is 6.78. The molecule has 1 nitrogen and oxygen atoms in total. The molecule has 0 aliphatic carbocycles. The molecule has 1 aromatic carbocycles. The fourth-order valence-electron chi connectivity index (χ4n) is 1.63. The van der Waals surface area contributed by atoms with Gasteiger partial charge < -0.3 is 4.74 Å². The van der Waals surface area contributed by atoms with Gasteiger partial charge in [0, 0.05) is 5.92 Å². The Morgan fingerprint density at radius 3 is 2.41 bits per heavy atom. The zero-order chi connectivity index (χ0) is 13.1. The molecule has 0 radical (unpaired) electrons. The largest absolute Gasteiger partial charge is 0.493 e. The van der Waals surface area contributed by atoms with E-state index in [2.05, 4.69) is 65.4 Å². The normalized spacial score (nSPS) is 13.5. The molecular weight excluding hydrogens is 228 g/mol. The van der Waals surface area contributed by atoms with Gasteiger partial charge in [-0.1, -0.05) is 32.9 Å². The minimum absolute atomic E-state index is 0.236. The van der Waals surface area contributed by atoms with Crippen molar-refractivity contribution < 1.29 is 4.74 Å². The van der Waals surface area contributed by atoms with Crippen LogP contribution < -0.4 is 4.74 Å². The summed E-state index contributed by atoms with van der Waals surface area (Å²) < 4.78 is 5.95. The molecule has 2 heteroatoms. The van der Waals surface area contributed by atoms with E-state index in [0.29, 0.717) is 5.92 Å². The van der Waals surface area contributed by atoms with Crippen LogP contribution in [-0.4, -0.2) is 12.4 Å². The van der Waals surface area contributed by atoms with Gasteiger partial charge in [0.15, 0.2) is 0 Å². The van der Waals surface area contributed by atoms with Gasteiger partial charge in [0.25, 0.3) is 0 Å². The molecule has 17 heavy (non-hydrogen) atoms. The average Bonchev–Trinajstić information content (AvgIpc) is 2.22. The van der Waals surface area contributed by atoms with Crippen LogP contribution in [0, 0.1) is 25.2 Å². The Morgan fingerprint density at radius 2 is 1.88 bits per heavy atom. The number of thiol groups is 1. The summed E-state index contributed by atoms with van der Waals surface area (Å²) in [5, 5.41) is 0. The highest BCUT2D eigenvalue weighted by Gasteiger charge is 2.24. The van der Waals surface area contributed by atoms with E-state index in [1.165, 1.54) is 11.1 Å². The first kappa shape index (κ1) is 14.4. The topological polar surface area (TPSA) is 9.23 Å². The van der Waals surface area contributed by atoms with E-state index >= 15 is 0 Å². The minimum atomic E-state index is 0.236. The molecule has 0 aliphatic rings. The van der Waals surface area contributed by atoms with Crippen LogP contribution in [0.1, 0.15) is 31.9 Å². The van der Waals surface area contributed by atoms with Crippen molar-refractivity contribution in [1.82, 2.24) is 0 Å². The summed E-state index contributed by atoms with van der Waals surface area (Å²) in [7, 11) is 0. The predicted molar refractivity (Wildman–Crippen MR) is 78.2 cm³/mol. The van der Waals surface area contributed by atoms with Gasteiger partial charge >= 0.3 is 0 Å². The quantitative estimate of drug-likeness (QED) is 0.787. The molecule has 0 spiro atoms. The van der Waals surface area contributed by atoms with Gasteiger partial charge in [-0.2, -0.15) is 12.6 Å². The molecule has 1 atom stereocenters. The smallest absolute Gasteiger partial charge is 0.122 e. The van der Waals surface area contributed by atoms with E-state index in [9.17, 15) is 0 Å². The van der Waals surface area contributed by atoms with E-state index in [-0.39, 0.29) is 5.41 Å². The van der Waals surface area contributed by atoms with Crippen molar-refractivity contribution in [2.45, 2.75) is 34.6 Å². The molecule has 0 fully saturated rings. The zero-order valence-corrected chi connectivity index (χ0v) is 12.5. The summed E-state index contributed by atoms with van der Waals surface area (Å²) in [5.74, 6) is 2.32. The predicted octanol–water partition coefficient (Wildman–Crippen LogP) is 4.27. The highest BCUT2D eigenvalue weighted by atomic mass is 32.1. The van der Waals surface area contributed by atoms with Crippen LogP contribution in [0.5, 0.6) is 5.75 Å². The molecule has 0 amide bonds.